The molecule has 0 bridgehead atoms. The zero-order chi connectivity index (χ0) is 15.1. The molecule has 0 unspecified atom stereocenters. The Morgan fingerprint density at radius 1 is 1.70 bits per heavy atom. The first-order valence-corrected chi connectivity index (χ1v) is 5.87. The molecule has 0 aromatic heterocycles. The molecular weight excluding hydrogens is 291 g/mol. The average molecular weight is 305 g/mol. The number of nitrogens with zero attached hydrogens (tertiary/aromatic N) is 2. The highest BCUT2D eigenvalue weighted by Crippen LogP contribution is 2.23. The van der Waals surface area contributed by atoms with Crippen molar-refractivity contribution in [3.05, 3.63) is 28.5 Å². The minimum atomic E-state index is -0.769. The summed E-state index contributed by atoms with van der Waals surface area (Å²) < 4.78 is 13.7. The van der Waals surface area contributed by atoms with Crippen LogP contribution in [0.3, 0.4) is 0 Å². The Balaban J connectivity index is 2.94. The third-order valence-electron chi connectivity index (χ3n) is 2.23. The van der Waals surface area contributed by atoms with Crippen LogP contribution in [0.15, 0.2) is 17.3 Å². The second kappa shape index (κ2) is 7.63. The quantitative estimate of drug-likeness (QED) is 0.329. The van der Waals surface area contributed by atoms with E-state index in [-0.39, 0.29) is 23.9 Å². The number of benzene rings is 1. The normalized spacial score (nSPS) is 10.7. The lowest BCUT2D eigenvalue weighted by molar-refractivity contribution is 0.190. The lowest BCUT2D eigenvalue weighted by atomic mass is 10.2. The summed E-state index contributed by atoms with van der Waals surface area (Å²) in [5.41, 5.74) is 0.237. The van der Waals surface area contributed by atoms with Crippen LogP contribution >= 0.6 is 11.6 Å². The summed E-state index contributed by atoms with van der Waals surface area (Å²) in [7, 11) is 1.35. The summed E-state index contributed by atoms with van der Waals surface area (Å²) in [6.45, 7) is -0.391. The second-order valence-corrected chi connectivity index (χ2v) is 4.03. The molecule has 0 aliphatic rings. The fraction of sp³-hybridized carbons (Fsp3) is 0.273. The number of aliphatic hydroxyl groups is 1. The number of carbonyl (C=O) groups is 1. The van der Waals surface area contributed by atoms with Crippen LogP contribution in [0.4, 0.5) is 14.9 Å². The van der Waals surface area contributed by atoms with Crippen LogP contribution in [0.1, 0.15) is 5.56 Å². The number of anilines is 1. The van der Waals surface area contributed by atoms with Crippen LogP contribution < -0.4 is 11.2 Å². The Kier molecular flexibility index (Phi) is 6.16. The van der Waals surface area contributed by atoms with Crippen molar-refractivity contribution in [1.82, 2.24) is 5.01 Å². The first kappa shape index (κ1) is 16.2. The molecule has 0 aliphatic carbocycles. The van der Waals surface area contributed by atoms with E-state index < -0.39 is 11.8 Å². The van der Waals surface area contributed by atoms with Crippen molar-refractivity contribution in [2.24, 2.45) is 11.0 Å². The number of hydrogen-bond donors (Lipinski definition) is 3. The number of carbonyl (C=O) groups excluding carboxylic acids is 1. The molecule has 0 spiro atoms. The Hall–Kier alpha value is -1.90. The molecule has 0 aliphatic heterocycles. The SMILES string of the molecule is CO/N=C/c1cc(NC(=O)N(N)CCO)c(F)cc1Cl. The van der Waals surface area contributed by atoms with Gasteiger partial charge in [-0.1, -0.05) is 16.8 Å². The predicted octanol–water partition coefficient (Wildman–Crippen LogP) is 1.16. The summed E-state index contributed by atoms with van der Waals surface area (Å²) in [5, 5.41) is 15.2. The lowest BCUT2D eigenvalue weighted by Gasteiger charge is -2.16. The van der Waals surface area contributed by atoms with Gasteiger partial charge < -0.3 is 15.3 Å². The van der Waals surface area contributed by atoms with Crippen molar-refractivity contribution in [1.29, 1.82) is 0 Å². The van der Waals surface area contributed by atoms with Crippen molar-refractivity contribution in [2.75, 3.05) is 25.6 Å². The van der Waals surface area contributed by atoms with Crippen molar-refractivity contribution in [3.63, 3.8) is 0 Å². The van der Waals surface area contributed by atoms with Gasteiger partial charge in [0.25, 0.3) is 0 Å². The van der Waals surface area contributed by atoms with Crippen LogP contribution in [0.5, 0.6) is 0 Å². The van der Waals surface area contributed by atoms with Gasteiger partial charge in [-0.3, -0.25) is 5.01 Å². The molecule has 9 heteroatoms. The second-order valence-electron chi connectivity index (χ2n) is 3.62. The number of nitrogens with two attached hydrogens (primary N) is 1. The van der Waals surface area contributed by atoms with Gasteiger partial charge in [-0.15, -0.1) is 0 Å². The predicted molar refractivity (Wildman–Crippen MR) is 73.0 cm³/mol. The Bertz CT molecular complexity index is 513. The van der Waals surface area contributed by atoms with E-state index >= 15 is 0 Å². The number of rotatable bonds is 5. The summed E-state index contributed by atoms with van der Waals surface area (Å²) in [4.78, 5) is 16.1. The van der Waals surface area contributed by atoms with Crippen molar-refractivity contribution < 1.29 is 19.1 Å². The highest BCUT2D eigenvalue weighted by atomic mass is 35.5. The minimum Gasteiger partial charge on any atom is -0.399 e. The van der Waals surface area contributed by atoms with E-state index in [1.165, 1.54) is 19.4 Å². The van der Waals surface area contributed by atoms with Gasteiger partial charge >= 0.3 is 6.03 Å². The van der Waals surface area contributed by atoms with E-state index in [2.05, 4.69) is 15.3 Å². The summed E-state index contributed by atoms with van der Waals surface area (Å²) in [5.74, 6) is 4.61. The van der Waals surface area contributed by atoms with E-state index in [0.717, 1.165) is 11.1 Å². The Morgan fingerprint density at radius 3 is 3.00 bits per heavy atom. The number of nitrogens with one attached hydrogen (secondary N) is 1. The third-order valence-corrected chi connectivity index (χ3v) is 2.55. The fourth-order valence-corrected chi connectivity index (χ4v) is 1.47. The van der Waals surface area contributed by atoms with Gasteiger partial charge in [-0.25, -0.2) is 15.0 Å². The van der Waals surface area contributed by atoms with Gasteiger partial charge in [0.05, 0.1) is 30.1 Å². The zero-order valence-corrected chi connectivity index (χ0v) is 11.4. The molecular formula is C11H14ClFN4O3. The van der Waals surface area contributed by atoms with Gasteiger partial charge in [0, 0.05) is 5.56 Å². The summed E-state index contributed by atoms with van der Waals surface area (Å²) >= 11 is 5.82. The standard InChI is InChI=1S/C11H14ClFN4O3/c1-20-15-6-7-4-10(9(13)5-8(7)12)16-11(19)17(14)2-3-18/h4-6,18H,2-3,14H2,1H3,(H,16,19)/b15-6+. The lowest BCUT2D eigenvalue weighted by Crippen LogP contribution is -2.42. The number of urea groups is 1. The van der Waals surface area contributed by atoms with Crippen LogP contribution in [0.2, 0.25) is 5.02 Å². The van der Waals surface area contributed by atoms with Gasteiger partial charge in [-0.2, -0.15) is 0 Å². The molecule has 0 fully saturated rings. The van der Waals surface area contributed by atoms with E-state index in [0.29, 0.717) is 5.56 Å². The summed E-state index contributed by atoms with van der Waals surface area (Å²) in [6, 6.07) is 1.54. The molecule has 2 amide bonds. The van der Waals surface area contributed by atoms with Gasteiger partial charge in [-0.05, 0) is 12.1 Å². The minimum absolute atomic E-state index is 0.0843. The van der Waals surface area contributed by atoms with E-state index in [4.69, 9.17) is 22.6 Å². The van der Waals surface area contributed by atoms with Crippen LogP contribution in [0.25, 0.3) is 0 Å². The molecule has 1 aromatic carbocycles. The molecule has 1 rings (SSSR count). The van der Waals surface area contributed by atoms with Gasteiger partial charge in [0.15, 0.2) is 0 Å². The maximum absolute atomic E-state index is 13.7. The first-order chi connectivity index (χ1) is 9.49. The molecule has 0 radical (unpaired) electrons. The fourth-order valence-electron chi connectivity index (χ4n) is 1.27. The first-order valence-electron chi connectivity index (χ1n) is 5.49. The Morgan fingerprint density at radius 2 is 2.40 bits per heavy atom. The topological polar surface area (TPSA) is 100 Å². The van der Waals surface area contributed by atoms with Crippen LogP contribution in [-0.2, 0) is 4.84 Å². The highest BCUT2D eigenvalue weighted by Gasteiger charge is 2.13. The molecule has 0 heterocycles. The number of oxime groups is 1. The molecule has 0 atom stereocenters. The van der Waals surface area contributed by atoms with Crippen molar-refractivity contribution in [2.45, 2.75) is 0 Å². The van der Waals surface area contributed by atoms with Gasteiger partial charge in [0.2, 0.25) is 0 Å². The zero-order valence-electron chi connectivity index (χ0n) is 10.6. The molecule has 0 saturated heterocycles. The number of halogens is 2. The van der Waals surface area contributed by atoms with Gasteiger partial charge in [0.1, 0.15) is 12.9 Å². The molecule has 4 N–H and O–H groups in total. The summed E-state index contributed by atoms with van der Waals surface area (Å²) in [6.07, 6.45) is 1.27. The van der Waals surface area contributed by atoms with Crippen LogP contribution in [0, 0.1) is 5.82 Å². The third kappa shape index (κ3) is 4.34. The molecule has 20 heavy (non-hydrogen) atoms. The maximum Gasteiger partial charge on any atom is 0.336 e. The smallest absolute Gasteiger partial charge is 0.336 e. The van der Waals surface area contributed by atoms with Crippen molar-refractivity contribution >= 4 is 29.5 Å². The van der Waals surface area contributed by atoms with E-state index in [1.807, 2.05) is 0 Å². The number of hydrazine groups is 1. The van der Waals surface area contributed by atoms with E-state index in [1.54, 1.807) is 0 Å². The van der Waals surface area contributed by atoms with Crippen molar-refractivity contribution in [3.8, 4) is 0 Å². The number of hydrogen-bond acceptors (Lipinski definition) is 5. The Labute approximate surface area is 119 Å². The van der Waals surface area contributed by atoms with Crippen LogP contribution in [-0.4, -0.2) is 42.6 Å². The average Bonchev–Trinajstić information content (AvgIpc) is 2.40. The maximum atomic E-state index is 13.7. The monoisotopic (exact) mass is 304 g/mol. The molecule has 7 nitrogen and oxygen atoms in total. The largest absolute Gasteiger partial charge is 0.399 e. The highest BCUT2D eigenvalue weighted by molar-refractivity contribution is 6.33. The van der Waals surface area contributed by atoms with E-state index in [9.17, 15) is 9.18 Å². The molecule has 0 saturated carbocycles. The number of aliphatic hydroxyl groups excluding tert-OH is 1. The molecule has 110 valence electrons. The number of amides is 2. The molecule has 1 aromatic rings.